The van der Waals surface area contributed by atoms with Gasteiger partial charge in [0, 0.05) is 17.1 Å². The molecule has 1 aromatic carbocycles. The van der Waals surface area contributed by atoms with Gasteiger partial charge in [-0.25, -0.2) is 8.42 Å². The van der Waals surface area contributed by atoms with E-state index in [0.717, 1.165) is 0 Å². The summed E-state index contributed by atoms with van der Waals surface area (Å²) in [6.45, 7) is 2.00. The summed E-state index contributed by atoms with van der Waals surface area (Å²) in [5, 5.41) is 9.02. The van der Waals surface area contributed by atoms with Crippen molar-refractivity contribution < 1.29 is 18.3 Å². The highest BCUT2D eigenvalue weighted by molar-refractivity contribution is 9.10. The summed E-state index contributed by atoms with van der Waals surface area (Å²) in [4.78, 5) is 11.2. The lowest BCUT2D eigenvalue weighted by molar-refractivity contribution is -0.143. The van der Waals surface area contributed by atoms with Crippen molar-refractivity contribution in [3.05, 3.63) is 28.7 Å². The molecular weight excluding hydrogens is 346 g/mol. The van der Waals surface area contributed by atoms with Gasteiger partial charge in [-0.15, -0.1) is 0 Å². The number of carbonyl (C=O) groups is 1. The minimum Gasteiger partial charge on any atom is -0.481 e. The van der Waals surface area contributed by atoms with Crippen molar-refractivity contribution in [2.75, 3.05) is 6.54 Å². The lowest BCUT2D eigenvalue weighted by atomic mass is 9.93. The Labute approximate surface area is 126 Å². The van der Waals surface area contributed by atoms with Crippen LogP contribution in [0.5, 0.6) is 0 Å². The normalized spacial score (nSPS) is 24.5. The van der Waals surface area contributed by atoms with Gasteiger partial charge in [-0.05, 0) is 38.0 Å². The standard InChI is InChI=1S/C13H16BrNO4S/c1-9-7-10(13(16)17)5-6-15(9)20(18,19)12-4-2-3-11(14)8-12/h2-4,8-10H,5-7H2,1H3,(H,16,17). The van der Waals surface area contributed by atoms with Crippen molar-refractivity contribution in [3.8, 4) is 0 Å². The fourth-order valence-corrected chi connectivity index (χ4v) is 4.75. The SMILES string of the molecule is CC1CC(C(=O)O)CCN1S(=O)(=O)c1cccc(Br)c1. The number of piperidine rings is 1. The molecule has 2 atom stereocenters. The van der Waals surface area contributed by atoms with E-state index in [2.05, 4.69) is 15.9 Å². The second-order valence-corrected chi connectivity index (χ2v) is 7.79. The molecule has 1 fully saturated rings. The third kappa shape index (κ3) is 3.05. The maximum atomic E-state index is 12.6. The minimum atomic E-state index is -3.57. The van der Waals surface area contributed by atoms with E-state index in [9.17, 15) is 13.2 Å². The molecule has 0 radical (unpaired) electrons. The van der Waals surface area contributed by atoms with E-state index in [0.29, 0.717) is 17.3 Å². The summed E-state index contributed by atoms with van der Waals surface area (Å²) in [6, 6.07) is 6.24. The van der Waals surface area contributed by atoms with Crippen molar-refractivity contribution in [1.82, 2.24) is 4.31 Å². The van der Waals surface area contributed by atoms with Crippen LogP contribution in [0.1, 0.15) is 19.8 Å². The summed E-state index contributed by atoms with van der Waals surface area (Å²) in [5.41, 5.74) is 0. The zero-order valence-corrected chi connectivity index (χ0v) is 13.4. The second-order valence-electron chi connectivity index (χ2n) is 4.98. The number of halogens is 1. The van der Waals surface area contributed by atoms with Crippen LogP contribution in [0.2, 0.25) is 0 Å². The van der Waals surface area contributed by atoms with Crippen molar-refractivity contribution in [1.29, 1.82) is 0 Å². The maximum Gasteiger partial charge on any atom is 0.306 e. The molecule has 1 heterocycles. The summed E-state index contributed by atoms with van der Waals surface area (Å²) < 4.78 is 27.3. The zero-order chi connectivity index (χ0) is 14.9. The molecule has 1 aliphatic rings. The van der Waals surface area contributed by atoms with Crippen LogP contribution >= 0.6 is 15.9 Å². The first-order valence-electron chi connectivity index (χ1n) is 6.32. The molecule has 110 valence electrons. The number of hydrogen-bond donors (Lipinski definition) is 1. The Kier molecular flexibility index (Phi) is 4.51. The number of hydrogen-bond acceptors (Lipinski definition) is 3. The van der Waals surface area contributed by atoms with Crippen LogP contribution in [0.3, 0.4) is 0 Å². The van der Waals surface area contributed by atoms with Crippen molar-refractivity contribution in [2.45, 2.75) is 30.7 Å². The first kappa shape index (κ1) is 15.5. The average molecular weight is 362 g/mol. The number of carboxylic acid groups (broad SMARTS) is 1. The molecule has 20 heavy (non-hydrogen) atoms. The number of sulfonamides is 1. The second kappa shape index (κ2) is 5.83. The minimum absolute atomic E-state index is 0.229. The van der Waals surface area contributed by atoms with Gasteiger partial charge in [0.15, 0.2) is 0 Å². The van der Waals surface area contributed by atoms with Crippen molar-refractivity contribution in [2.24, 2.45) is 5.92 Å². The molecule has 1 aromatic rings. The predicted octanol–water partition coefficient (Wildman–Crippen LogP) is 2.32. The van der Waals surface area contributed by atoms with Crippen LogP contribution in [0.4, 0.5) is 0 Å². The first-order valence-corrected chi connectivity index (χ1v) is 8.56. The Bertz CT molecular complexity index is 617. The molecule has 0 saturated carbocycles. The monoisotopic (exact) mass is 361 g/mol. The van der Waals surface area contributed by atoms with Gasteiger partial charge in [0.25, 0.3) is 0 Å². The Morgan fingerprint density at radius 1 is 1.45 bits per heavy atom. The van der Waals surface area contributed by atoms with E-state index in [1.54, 1.807) is 31.2 Å². The van der Waals surface area contributed by atoms with Gasteiger partial charge in [0.1, 0.15) is 0 Å². The van der Waals surface area contributed by atoms with E-state index in [1.807, 2.05) is 0 Å². The lowest BCUT2D eigenvalue weighted by Gasteiger charge is -2.35. The summed E-state index contributed by atoms with van der Waals surface area (Å²) in [5.74, 6) is -1.31. The summed E-state index contributed by atoms with van der Waals surface area (Å²) >= 11 is 3.26. The van der Waals surface area contributed by atoms with Gasteiger partial charge in [0.2, 0.25) is 10.0 Å². The van der Waals surface area contributed by atoms with Gasteiger partial charge >= 0.3 is 5.97 Å². The molecule has 0 aliphatic carbocycles. The maximum absolute atomic E-state index is 12.6. The van der Waals surface area contributed by atoms with E-state index in [-0.39, 0.29) is 17.5 Å². The number of benzene rings is 1. The smallest absolute Gasteiger partial charge is 0.306 e. The molecule has 0 spiro atoms. The van der Waals surface area contributed by atoms with Gasteiger partial charge < -0.3 is 5.11 Å². The van der Waals surface area contributed by atoms with Crippen LogP contribution in [0, 0.1) is 5.92 Å². The lowest BCUT2D eigenvalue weighted by Crippen LogP contribution is -2.45. The van der Waals surface area contributed by atoms with E-state index < -0.39 is 21.9 Å². The highest BCUT2D eigenvalue weighted by Gasteiger charge is 2.36. The van der Waals surface area contributed by atoms with Crippen LogP contribution in [0.15, 0.2) is 33.6 Å². The highest BCUT2D eigenvalue weighted by atomic mass is 79.9. The third-order valence-corrected chi connectivity index (χ3v) is 6.07. The summed E-state index contributed by atoms with van der Waals surface area (Å²) in [6.07, 6.45) is 0.704. The molecule has 0 amide bonds. The van der Waals surface area contributed by atoms with E-state index in [4.69, 9.17) is 5.11 Å². The molecule has 0 aromatic heterocycles. The molecule has 5 nitrogen and oxygen atoms in total. The van der Waals surface area contributed by atoms with Crippen LogP contribution in [-0.2, 0) is 14.8 Å². The van der Waals surface area contributed by atoms with Crippen molar-refractivity contribution >= 4 is 31.9 Å². The molecule has 2 unspecified atom stereocenters. The molecule has 7 heteroatoms. The fraction of sp³-hybridized carbons (Fsp3) is 0.462. The molecule has 1 N–H and O–H groups in total. The Balaban J connectivity index is 2.25. The summed E-state index contributed by atoms with van der Waals surface area (Å²) in [7, 11) is -3.57. The Morgan fingerprint density at radius 2 is 2.15 bits per heavy atom. The van der Waals surface area contributed by atoms with Gasteiger partial charge in [-0.1, -0.05) is 22.0 Å². The number of rotatable bonds is 3. The Hall–Kier alpha value is -0.920. The van der Waals surface area contributed by atoms with Gasteiger partial charge in [0.05, 0.1) is 10.8 Å². The first-order chi connectivity index (χ1) is 9.32. The van der Waals surface area contributed by atoms with Gasteiger partial charge in [-0.2, -0.15) is 4.31 Å². The zero-order valence-electron chi connectivity index (χ0n) is 11.0. The van der Waals surface area contributed by atoms with Crippen molar-refractivity contribution in [3.63, 3.8) is 0 Å². The quantitative estimate of drug-likeness (QED) is 0.896. The molecule has 1 saturated heterocycles. The third-order valence-electron chi connectivity index (χ3n) is 3.57. The van der Waals surface area contributed by atoms with E-state index >= 15 is 0 Å². The molecular formula is C13H16BrNO4S. The van der Waals surface area contributed by atoms with E-state index in [1.165, 1.54) is 4.31 Å². The fourth-order valence-electron chi connectivity index (χ4n) is 2.49. The number of nitrogens with zero attached hydrogens (tertiary/aromatic N) is 1. The largest absolute Gasteiger partial charge is 0.481 e. The van der Waals surface area contributed by atoms with Gasteiger partial charge in [-0.3, -0.25) is 4.79 Å². The Morgan fingerprint density at radius 3 is 2.70 bits per heavy atom. The number of carboxylic acids is 1. The highest BCUT2D eigenvalue weighted by Crippen LogP contribution is 2.29. The molecule has 1 aliphatic heterocycles. The number of aliphatic carboxylic acids is 1. The van der Waals surface area contributed by atoms with Crippen LogP contribution in [0.25, 0.3) is 0 Å². The molecule has 0 bridgehead atoms. The topological polar surface area (TPSA) is 74.7 Å². The average Bonchev–Trinajstić information content (AvgIpc) is 2.38. The molecule has 2 rings (SSSR count). The predicted molar refractivity (Wildman–Crippen MR) is 77.9 cm³/mol. The van der Waals surface area contributed by atoms with Crippen LogP contribution < -0.4 is 0 Å². The van der Waals surface area contributed by atoms with Crippen LogP contribution in [-0.4, -0.2) is 36.4 Å².